The Morgan fingerprint density at radius 3 is 2.67 bits per heavy atom. The molecule has 6 heteroatoms. The van der Waals surface area contributed by atoms with Crippen LogP contribution in [0.1, 0.15) is 17.7 Å². The molecule has 1 unspecified atom stereocenters. The molecule has 3 heterocycles. The van der Waals surface area contributed by atoms with Crippen LogP contribution in [0.4, 0.5) is 17.1 Å². The van der Waals surface area contributed by atoms with Gasteiger partial charge in [0.05, 0.1) is 30.1 Å². The highest BCUT2D eigenvalue weighted by Gasteiger charge is 2.35. The smallest absolute Gasteiger partial charge is 0.229 e. The van der Waals surface area contributed by atoms with Crippen molar-refractivity contribution in [1.29, 1.82) is 0 Å². The largest absolute Gasteiger partial charge is 0.467 e. The lowest BCUT2D eigenvalue weighted by Gasteiger charge is -2.23. The molecule has 1 saturated heterocycles. The number of anilines is 3. The molecule has 0 saturated carbocycles. The van der Waals surface area contributed by atoms with Crippen molar-refractivity contribution in [1.82, 2.24) is 4.90 Å². The predicted molar refractivity (Wildman–Crippen MR) is 114 cm³/mol. The van der Waals surface area contributed by atoms with Gasteiger partial charge in [0, 0.05) is 25.2 Å². The van der Waals surface area contributed by atoms with Crippen LogP contribution in [-0.4, -0.2) is 29.8 Å². The topological polar surface area (TPSA) is 65.8 Å². The summed E-state index contributed by atoms with van der Waals surface area (Å²) in [5, 5.41) is 3.08. The molecule has 1 N–H and O–H groups in total. The summed E-state index contributed by atoms with van der Waals surface area (Å²) in [6, 6.07) is 19.8. The van der Waals surface area contributed by atoms with Crippen LogP contribution in [0.5, 0.6) is 0 Å². The van der Waals surface area contributed by atoms with Crippen molar-refractivity contribution in [2.75, 3.05) is 23.3 Å². The Hall–Kier alpha value is -3.54. The van der Waals surface area contributed by atoms with Gasteiger partial charge in [-0.3, -0.25) is 9.59 Å². The highest BCUT2D eigenvalue weighted by molar-refractivity contribution is 6.00. The third-order valence-corrected chi connectivity index (χ3v) is 5.85. The van der Waals surface area contributed by atoms with E-state index in [0.717, 1.165) is 30.1 Å². The van der Waals surface area contributed by atoms with E-state index in [1.54, 1.807) is 17.2 Å². The van der Waals surface area contributed by atoms with Gasteiger partial charge in [0.2, 0.25) is 11.8 Å². The average Bonchev–Trinajstić information content (AvgIpc) is 3.50. The fourth-order valence-corrected chi connectivity index (χ4v) is 4.33. The Kier molecular flexibility index (Phi) is 4.75. The van der Waals surface area contributed by atoms with Gasteiger partial charge >= 0.3 is 0 Å². The highest BCUT2D eigenvalue weighted by Crippen LogP contribution is 2.38. The van der Waals surface area contributed by atoms with Crippen molar-refractivity contribution in [3.05, 3.63) is 78.3 Å². The van der Waals surface area contributed by atoms with Crippen molar-refractivity contribution in [3.63, 3.8) is 0 Å². The zero-order valence-corrected chi connectivity index (χ0v) is 16.6. The van der Waals surface area contributed by atoms with E-state index in [2.05, 4.69) is 28.4 Å². The molecule has 0 radical (unpaired) electrons. The number of amides is 2. The van der Waals surface area contributed by atoms with E-state index >= 15 is 0 Å². The number of hydrogen-bond donors (Lipinski definition) is 1. The number of benzene rings is 2. The number of likely N-dealkylation sites (tertiary alicyclic amines) is 1. The van der Waals surface area contributed by atoms with E-state index in [0.29, 0.717) is 13.1 Å². The lowest BCUT2D eigenvalue weighted by atomic mass is 10.1. The lowest BCUT2D eigenvalue weighted by Crippen LogP contribution is -2.28. The number of para-hydroxylation sites is 3. The van der Waals surface area contributed by atoms with Gasteiger partial charge in [0.1, 0.15) is 5.76 Å². The number of nitrogens with one attached hydrogen (secondary N) is 1. The van der Waals surface area contributed by atoms with Gasteiger partial charge in [-0.05, 0) is 42.3 Å². The molecule has 6 nitrogen and oxygen atoms in total. The van der Waals surface area contributed by atoms with E-state index in [4.69, 9.17) is 4.42 Å². The quantitative estimate of drug-likeness (QED) is 0.703. The third-order valence-electron chi connectivity index (χ3n) is 5.85. The second-order valence-corrected chi connectivity index (χ2v) is 7.79. The first-order chi connectivity index (χ1) is 14.7. The Balaban J connectivity index is 1.31. The summed E-state index contributed by atoms with van der Waals surface area (Å²) in [7, 11) is 0. The maximum atomic E-state index is 13.0. The standard InChI is InChI=1S/C24H23N3O3/c28-23-14-18(15-26(23)16-19-7-5-13-30-19)24(29)25-20-8-2-4-10-22(20)27-12-11-17-6-1-3-9-21(17)27/h1-10,13,18H,11-12,14-16H2,(H,25,29). The monoisotopic (exact) mass is 401 g/mol. The lowest BCUT2D eigenvalue weighted by molar-refractivity contribution is -0.128. The van der Waals surface area contributed by atoms with Gasteiger partial charge in [-0.15, -0.1) is 0 Å². The van der Waals surface area contributed by atoms with Crippen LogP contribution < -0.4 is 10.2 Å². The summed E-state index contributed by atoms with van der Waals surface area (Å²) in [6.07, 6.45) is 2.80. The van der Waals surface area contributed by atoms with Crippen LogP contribution in [-0.2, 0) is 22.6 Å². The number of carbonyl (C=O) groups is 2. The van der Waals surface area contributed by atoms with Crippen LogP contribution in [0.3, 0.4) is 0 Å². The summed E-state index contributed by atoms with van der Waals surface area (Å²) in [4.78, 5) is 29.3. The maximum absolute atomic E-state index is 13.0. The summed E-state index contributed by atoms with van der Waals surface area (Å²) < 4.78 is 5.34. The SMILES string of the molecule is O=C(Nc1ccccc1N1CCc2ccccc21)C1CC(=O)N(Cc2ccco2)C1. The molecule has 5 rings (SSSR count). The molecule has 2 aromatic carbocycles. The number of nitrogens with zero attached hydrogens (tertiary/aromatic N) is 2. The second kappa shape index (κ2) is 7.71. The first-order valence-electron chi connectivity index (χ1n) is 10.2. The van der Waals surface area contributed by atoms with Crippen molar-refractivity contribution >= 4 is 28.9 Å². The third kappa shape index (κ3) is 3.45. The Bertz CT molecular complexity index is 1080. The number of furan rings is 1. The van der Waals surface area contributed by atoms with Gasteiger partial charge in [-0.2, -0.15) is 0 Å². The van der Waals surface area contributed by atoms with Gasteiger partial charge in [-0.1, -0.05) is 30.3 Å². The molecule has 2 aliphatic rings. The minimum Gasteiger partial charge on any atom is -0.467 e. The van der Waals surface area contributed by atoms with E-state index in [1.165, 1.54) is 11.3 Å². The number of hydrogen-bond acceptors (Lipinski definition) is 4. The molecule has 1 atom stereocenters. The summed E-state index contributed by atoms with van der Waals surface area (Å²) in [6.45, 7) is 1.68. The zero-order valence-electron chi connectivity index (χ0n) is 16.6. The van der Waals surface area contributed by atoms with Crippen LogP contribution in [0.25, 0.3) is 0 Å². The average molecular weight is 401 g/mol. The summed E-state index contributed by atoms with van der Waals surface area (Å²) in [5.74, 6) is 0.215. The van der Waals surface area contributed by atoms with Gasteiger partial charge < -0.3 is 19.5 Å². The van der Waals surface area contributed by atoms with Crippen LogP contribution in [0, 0.1) is 5.92 Å². The van der Waals surface area contributed by atoms with E-state index in [9.17, 15) is 9.59 Å². The molecule has 152 valence electrons. The molecule has 2 aliphatic heterocycles. The van der Waals surface area contributed by atoms with Crippen LogP contribution in [0.2, 0.25) is 0 Å². The molecular formula is C24H23N3O3. The van der Waals surface area contributed by atoms with Crippen LogP contribution in [0.15, 0.2) is 71.3 Å². The minimum absolute atomic E-state index is 0.0201. The highest BCUT2D eigenvalue weighted by atomic mass is 16.3. The minimum atomic E-state index is -0.369. The first kappa shape index (κ1) is 18.5. The van der Waals surface area contributed by atoms with E-state index < -0.39 is 0 Å². The second-order valence-electron chi connectivity index (χ2n) is 7.79. The molecule has 0 spiro atoms. The fraction of sp³-hybridized carbons (Fsp3) is 0.250. The maximum Gasteiger partial charge on any atom is 0.229 e. The van der Waals surface area contributed by atoms with Crippen molar-refractivity contribution in [2.24, 2.45) is 5.92 Å². The van der Waals surface area contributed by atoms with Crippen molar-refractivity contribution in [3.8, 4) is 0 Å². The molecule has 0 bridgehead atoms. The first-order valence-corrected chi connectivity index (χ1v) is 10.2. The van der Waals surface area contributed by atoms with Gasteiger partial charge in [0.25, 0.3) is 0 Å². The van der Waals surface area contributed by atoms with Crippen LogP contribution >= 0.6 is 0 Å². The normalized spacial score (nSPS) is 18.0. The predicted octanol–water partition coefficient (Wildman–Crippen LogP) is 3.96. The Labute approximate surface area is 175 Å². The summed E-state index contributed by atoms with van der Waals surface area (Å²) >= 11 is 0. The summed E-state index contributed by atoms with van der Waals surface area (Å²) in [5.41, 5.74) is 4.25. The molecule has 1 fully saturated rings. The molecule has 30 heavy (non-hydrogen) atoms. The van der Waals surface area contributed by atoms with Crippen molar-refractivity contribution < 1.29 is 14.0 Å². The zero-order chi connectivity index (χ0) is 20.5. The molecule has 2 amide bonds. The molecule has 0 aliphatic carbocycles. The van der Waals surface area contributed by atoms with Crippen molar-refractivity contribution in [2.45, 2.75) is 19.4 Å². The Morgan fingerprint density at radius 2 is 1.83 bits per heavy atom. The molecule has 3 aromatic rings. The molecule has 1 aromatic heterocycles. The van der Waals surface area contributed by atoms with E-state index in [1.807, 2.05) is 36.4 Å². The fourth-order valence-electron chi connectivity index (χ4n) is 4.33. The van der Waals surface area contributed by atoms with Gasteiger partial charge in [0.15, 0.2) is 0 Å². The van der Waals surface area contributed by atoms with Gasteiger partial charge in [-0.25, -0.2) is 0 Å². The molecular weight excluding hydrogens is 378 g/mol. The number of rotatable bonds is 5. The van der Waals surface area contributed by atoms with E-state index in [-0.39, 0.29) is 24.2 Å². The number of fused-ring (bicyclic) bond motifs is 1. The number of carbonyl (C=O) groups excluding carboxylic acids is 2. The Morgan fingerprint density at radius 1 is 1.03 bits per heavy atom.